The van der Waals surface area contributed by atoms with Crippen LogP contribution in [-0.4, -0.2) is 68.7 Å². The molecule has 0 amide bonds. The number of fused-ring (bicyclic) bond motifs is 5. The van der Waals surface area contributed by atoms with E-state index < -0.39 is 5.60 Å². The van der Waals surface area contributed by atoms with Gasteiger partial charge in [0, 0.05) is 40.5 Å². The lowest BCUT2D eigenvalue weighted by Crippen LogP contribution is -2.65. The zero-order valence-electron chi connectivity index (χ0n) is 24.3. The maximum atomic E-state index is 13.1. The molecule has 2 aromatic heterocycles. The number of rotatable bonds is 1. The van der Waals surface area contributed by atoms with Gasteiger partial charge in [0.05, 0.1) is 22.9 Å². The first-order valence-corrected chi connectivity index (χ1v) is 16.3. The molecule has 41 heavy (non-hydrogen) atoms. The van der Waals surface area contributed by atoms with Gasteiger partial charge < -0.3 is 15.0 Å². The van der Waals surface area contributed by atoms with Crippen LogP contribution in [0.1, 0.15) is 69.9 Å². The number of aromatic nitrogens is 2. The fourth-order valence-corrected chi connectivity index (χ4v) is 9.59. The highest BCUT2D eigenvalue weighted by atomic mass is 16.3. The second kappa shape index (κ2) is 10.2. The maximum Gasteiger partial charge on any atom is 0.0998 e. The minimum atomic E-state index is -0.898. The molecule has 1 aromatic carbocycles. The average molecular weight is 549 g/mol. The summed E-state index contributed by atoms with van der Waals surface area (Å²) in [6.07, 6.45) is 25.2. The van der Waals surface area contributed by atoms with E-state index in [1.165, 1.54) is 55.0 Å². The maximum absolute atomic E-state index is 13.1. The number of H-pyrrole nitrogens is 1. The summed E-state index contributed by atoms with van der Waals surface area (Å²) in [5.74, 6) is 0.385. The number of aromatic amines is 1. The molecule has 2 saturated heterocycles. The third-order valence-corrected chi connectivity index (χ3v) is 11.2. The highest BCUT2D eigenvalue weighted by Gasteiger charge is 2.65. The van der Waals surface area contributed by atoms with Gasteiger partial charge in [-0.1, -0.05) is 42.5 Å². The lowest BCUT2D eigenvalue weighted by molar-refractivity contribution is -0.0894. The summed E-state index contributed by atoms with van der Waals surface area (Å²) < 4.78 is 0. The van der Waals surface area contributed by atoms with Gasteiger partial charge in [-0.05, 0) is 114 Å². The van der Waals surface area contributed by atoms with Crippen molar-refractivity contribution in [3.63, 3.8) is 0 Å². The Labute approximate surface area is 244 Å². The molecule has 1 spiro atoms. The summed E-state index contributed by atoms with van der Waals surface area (Å²) in [6.45, 7) is 4.47. The van der Waals surface area contributed by atoms with Crippen molar-refractivity contribution in [3.05, 3.63) is 72.6 Å². The molecule has 4 aliphatic heterocycles. The van der Waals surface area contributed by atoms with Crippen LogP contribution in [0.25, 0.3) is 27.4 Å². The zero-order valence-corrected chi connectivity index (χ0v) is 24.3. The number of nitrogens with one attached hydrogen (secondary N) is 1. The lowest BCUT2D eigenvalue weighted by atomic mass is 9.54. The Balaban J connectivity index is 1.35. The predicted octanol–water partition coefficient (Wildman–Crippen LogP) is 6.86. The third kappa shape index (κ3) is 4.18. The van der Waals surface area contributed by atoms with Crippen molar-refractivity contribution < 1.29 is 5.11 Å². The van der Waals surface area contributed by atoms with Gasteiger partial charge in [0.15, 0.2) is 0 Å². The van der Waals surface area contributed by atoms with Gasteiger partial charge in [0.2, 0.25) is 0 Å². The normalized spacial score (nSPS) is 36.1. The first-order valence-electron chi connectivity index (χ1n) is 16.3. The summed E-state index contributed by atoms with van der Waals surface area (Å²) in [5, 5.41) is 15.5. The van der Waals surface area contributed by atoms with Crippen LogP contribution in [0.3, 0.4) is 0 Å². The summed E-state index contributed by atoms with van der Waals surface area (Å²) in [6, 6.07) is 11.3. The van der Waals surface area contributed by atoms with E-state index in [2.05, 4.69) is 75.5 Å². The Bertz CT molecular complexity index is 1530. The fraction of sp³-hybridized carbons (Fsp3) is 0.528. The summed E-state index contributed by atoms with van der Waals surface area (Å²) in [7, 11) is 0. The molecule has 5 heteroatoms. The van der Waals surface area contributed by atoms with Crippen LogP contribution in [-0.2, 0) is 0 Å². The van der Waals surface area contributed by atoms with Crippen molar-refractivity contribution in [3.8, 4) is 0 Å². The second-order valence-electron chi connectivity index (χ2n) is 13.5. The molecule has 8 rings (SSSR count). The van der Waals surface area contributed by atoms with E-state index >= 15 is 0 Å². The number of pyridine rings is 1. The van der Waals surface area contributed by atoms with E-state index in [-0.39, 0.29) is 11.5 Å². The van der Waals surface area contributed by atoms with E-state index in [0.29, 0.717) is 12.0 Å². The Morgan fingerprint density at radius 1 is 0.902 bits per heavy atom. The smallest absolute Gasteiger partial charge is 0.0998 e. The van der Waals surface area contributed by atoms with E-state index in [4.69, 9.17) is 4.98 Å². The molecule has 3 aromatic rings. The van der Waals surface area contributed by atoms with Crippen molar-refractivity contribution >= 4 is 27.4 Å². The summed E-state index contributed by atoms with van der Waals surface area (Å²) in [5.41, 5.74) is 3.74. The van der Waals surface area contributed by atoms with E-state index in [9.17, 15) is 5.11 Å². The first kappa shape index (κ1) is 25.9. The van der Waals surface area contributed by atoms with E-state index in [1.54, 1.807) is 0 Å². The number of allylic oxidation sites excluding steroid dienone is 4. The van der Waals surface area contributed by atoms with Crippen molar-refractivity contribution in [1.82, 2.24) is 19.8 Å². The van der Waals surface area contributed by atoms with Gasteiger partial charge in [-0.15, -0.1) is 0 Å². The zero-order chi connectivity index (χ0) is 27.4. The summed E-state index contributed by atoms with van der Waals surface area (Å²) >= 11 is 0. The molecular weight excluding hydrogens is 504 g/mol. The Hall–Kier alpha value is -2.73. The molecule has 3 bridgehead atoms. The van der Waals surface area contributed by atoms with Crippen LogP contribution in [0, 0.1) is 11.3 Å². The number of nitrogens with zero attached hydrogens (tertiary/aromatic N) is 3. The molecule has 5 nitrogen and oxygen atoms in total. The van der Waals surface area contributed by atoms with Crippen LogP contribution in [0.5, 0.6) is 0 Å². The molecule has 0 radical (unpaired) electrons. The molecule has 6 atom stereocenters. The minimum absolute atomic E-state index is 0.00403. The van der Waals surface area contributed by atoms with Crippen LogP contribution >= 0.6 is 0 Å². The molecule has 2 N–H and O–H groups in total. The molecule has 5 aliphatic rings. The van der Waals surface area contributed by atoms with Gasteiger partial charge in [-0.2, -0.15) is 0 Å². The van der Waals surface area contributed by atoms with Crippen LogP contribution in [0.15, 0.2) is 66.9 Å². The predicted molar refractivity (Wildman–Crippen MR) is 168 cm³/mol. The molecule has 3 unspecified atom stereocenters. The van der Waals surface area contributed by atoms with Crippen LogP contribution in [0.4, 0.5) is 0 Å². The minimum Gasteiger partial charge on any atom is -0.384 e. The topological polar surface area (TPSA) is 55.4 Å². The van der Waals surface area contributed by atoms with Crippen molar-refractivity contribution in [1.29, 1.82) is 0 Å². The molecular formula is C36H44N4O. The quantitative estimate of drug-likeness (QED) is 0.326. The average Bonchev–Trinajstić information content (AvgIpc) is 3.49. The fourth-order valence-electron chi connectivity index (χ4n) is 9.59. The molecule has 0 saturated carbocycles. The van der Waals surface area contributed by atoms with Gasteiger partial charge >= 0.3 is 0 Å². The monoisotopic (exact) mass is 548 g/mol. The van der Waals surface area contributed by atoms with Crippen LogP contribution < -0.4 is 0 Å². The summed E-state index contributed by atoms with van der Waals surface area (Å²) in [4.78, 5) is 14.4. The Morgan fingerprint density at radius 2 is 1.76 bits per heavy atom. The second-order valence-corrected chi connectivity index (χ2v) is 13.5. The van der Waals surface area contributed by atoms with Crippen LogP contribution in [0.2, 0.25) is 0 Å². The SMILES string of the molecule is O[C@]12C=C(c3nccc4c3[nH]c3ccccc34)[C@@H]3CCN(CCCCC=CCC1)C[C@@]31CC3C=CCCCCN3C12. The number of piperidine rings is 1. The first-order chi connectivity index (χ1) is 20.2. The molecule has 2 fully saturated rings. The van der Waals surface area contributed by atoms with Gasteiger partial charge in [0.25, 0.3) is 0 Å². The van der Waals surface area contributed by atoms with Crippen molar-refractivity contribution in [2.75, 3.05) is 26.2 Å². The molecule has 214 valence electrons. The Morgan fingerprint density at radius 3 is 2.71 bits per heavy atom. The molecule has 6 heterocycles. The van der Waals surface area contributed by atoms with Gasteiger partial charge in [0.1, 0.15) is 0 Å². The van der Waals surface area contributed by atoms with Gasteiger partial charge in [-0.3, -0.25) is 9.88 Å². The Kier molecular flexibility index (Phi) is 6.46. The number of hydrogen-bond donors (Lipinski definition) is 2. The van der Waals surface area contributed by atoms with Gasteiger partial charge in [-0.25, -0.2) is 0 Å². The van der Waals surface area contributed by atoms with Crippen molar-refractivity contribution in [2.45, 2.75) is 81.9 Å². The van der Waals surface area contributed by atoms with Crippen molar-refractivity contribution in [2.24, 2.45) is 11.3 Å². The number of hydrogen-bond acceptors (Lipinski definition) is 4. The number of para-hydroxylation sites is 1. The standard InChI is InChI=1S/C36H44N4O/c41-36-18-10-4-1-2-5-11-20-39-22-17-30(35(25-39)23-26-13-7-3-6-12-21-40(26)34(35)36)29(24-36)32-33-28(16-19-37-32)27-14-8-9-15-31(27)38-33/h1,4,7-9,13-16,19,24,26,30,34,38,41H,2-3,5-6,10-12,17-18,20-23,25H2/t26?,30-,34?,35-,36-/m0/s1. The van der Waals surface area contributed by atoms with E-state index in [1.807, 2.05) is 6.20 Å². The number of benzene rings is 1. The highest BCUT2D eigenvalue weighted by Crippen LogP contribution is 2.61. The largest absolute Gasteiger partial charge is 0.384 e. The van der Waals surface area contributed by atoms with E-state index in [0.717, 1.165) is 68.5 Å². The highest BCUT2D eigenvalue weighted by molar-refractivity contribution is 6.09. The molecule has 1 aliphatic carbocycles. The lowest BCUT2D eigenvalue weighted by Gasteiger charge is -2.58. The third-order valence-electron chi connectivity index (χ3n) is 11.2. The number of aliphatic hydroxyl groups is 1.